The molecule has 122 valence electrons. The Bertz CT molecular complexity index is 922. The number of aromatic nitrogens is 4. The van der Waals surface area contributed by atoms with Gasteiger partial charge in [0.1, 0.15) is 5.82 Å². The Morgan fingerprint density at radius 1 is 1.21 bits per heavy atom. The van der Waals surface area contributed by atoms with E-state index in [9.17, 15) is 4.79 Å². The molecule has 1 fully saturated rings. The van der Waals surface area contributed by atoms with Crippen LogP contribution in [-0.2, 0) is 13.6 Å². The second kappa shape index (κ2) is 6.13. The Balaban J connectivity index is 1.73. The molecule has 6 nitrogen and oxygen atoms in total. The molecule has 3 aromatic rings. The van der Waals surface area contributed by atoms with Gasteiger partial charge >= 0.3 is 0 Å². The monoisotopic (exact) mass is 321 g/mol. The van der Waals surface area contributed by atoms with Crippen LogP contribution in [0.2, 0.25) is 0 Å². The molecule has 4 rings (SSSR count). The summed E-state index contributed by atoms with van der Waals surface area (Å²) >= 11 is 0. The van der Waals surface area contributed by atoms with Crippen molar-refractivity contribution < 1.29 is 0 Å². The minimum atomic E-state index is 0.0157. The number of rotatable bonds is 3. The number of benzene rings is 1. The predicted molar refractivity (Wildman–Crippen MR) is 91.4 cm³/mol. The molecule has 1 aliphatic heterocycles. The second-order valence-corrected chi connectivity index (χ2v) is 6.19. The molecule has 0 radical (unpaired) electrons. The van der Waals surface area contributed by atoms with Gasteiger partial charge < -0.3 is 0 Å². The number of nitrogens with zero attached hydrogens (tertiary/aromatic N) is 5. The van der Waals surface area contributed by atoms with Crippen molar-refractivity contribution in [3.8, 4) is 0 Å². The van der Waals surface area contributed by atoms with Crippen molar-refractivity contribution in [1.29, 1.82) is 0 Å². The van der Waals surface area contributed by atoms with Gasteiger partial charge in [0.2, 0.25) is 0 Å². The molecule has 0 saturated carbocycles. The van der Waals surface area contributed by atoms with Gasteiger partial charge in [-0.2, -0.15) is 10.2 Å². The molecule has 6 heteroatoms. The number of hydrogen-bond acceptors (Lipinski definition) is 5. The van der Waals surface area contributed by atoms with Crippen LogP contribution in [0.3, 0.4) is 0 Å². The Hall–Kier alpha value is -2.60. The predicted octanol–water partition coefficient (Wildman–Crippen LogP) is 2.06. The Morgan fingerprint density at radius 2 is 2.08 bits per heavy atom. The van der Waals surface area contributed by atoms with Crippen LogP contribution >= 0.6 is 0 Å². The van der Waals surface area contributed by atoms with Crippen LogP contribution in [0.5, 0.6) is 0 Å². The molecule has 0 aliphatic carbocycles. The lowest BCUT2D eigenvalue weighted by atomic mass is 10.1. The summed E-state index contributed by atoms with van der Waals surface area (Å²) in [6.45, 7) is 1.70. The van der Waals surface area contributed by atoms with Crippen LogP contribution in [0, 0.1) is 0 Å². The number of likely N-dealkylation sites (tertiary alicyclic amines) is 1. The summed E-state index contributed by atoms with van der Waals surface area (Å²) in [5.41, 5.74) is 1.72. The summed E-state index contributed by atoms with van der Waals surface area (Å²) in [5, 5.41) is 8.80. The van der Waals surface area contributed by atoms with E-state index in [0.29, 0.717) is 5.39 Å². The summed E-state index contributed by atoms with van der Waals surface area (Å²) in [5.74, 6) is 0.833. The molecular weight excluding hydrogens is 302 g/mol. The average molecular weight is 321 g/mol. The van der Waals surface area contributed by atoms with Gasteiger partial charge in [-0.15, -0.1) is 0 Å². The van der Waals surface area contributed by atoms with Crippen molar-refractivity contribution in [2.75, 3.05) is 6.54 Å². The molecule has 0 N–H and O–H groups in total. The van der Waals surface area contributed by atoms with Crippen LogP contribution in [0.1, 0.15) is 30.4 Å². The first-order chi connectivity index (χ1) is 11.7. The molecule has 24 heavy (non-hydrogen) atoms. The molecule has 0 spiro atoms. The lowest BCUT2D eigenvalue weighted by Crippen LogP contribution is -2.30. The lowest BCUT2D eigenvalue weighted by molar-refractivity contribution is 0.231. The molecule has 0 amide bonds. The fourth-order valence-electron chi connectivity index (χ4n) is 3.47. The van der Waals surface area contributed by atoms with Gasteiger partial charge in [-0.25, -0.2) is 4.98 Å². The molecule has 2 aromatic heterocycles. The van der Waals surface area contributed by atoms with Crippen LogP contribution in [0.25, 0.3) is 10.9 Å². The highest BCUT2D eigenvalue weighted by molar-refractivity contribution is 5.77. The third-order valence-corrected chi connectivity index (χ3v) is 4.67. The normalized spacial score (nSPS) is 18.3. The largest absolute Gasteiger partial charge is 0.298 e. The Labute approximate surface area is 139 Å². The number of hydrogen-bond donors (Lipinski definition) is 0. The van der Waals surface area contributed by atoms with Crippen molar-refractivity contribution >= 4 is 10.9 Å². The molecule has 3 heterocycles. The van der Waals surface area contributed by atoms with E-state index in [1.54, 1.807) is 10.8 Å². The lowest BCUT2D eigenvalue weighted by Gasteiger charge is -2.25. The van der Waals surface area contributed by atoms with Gasteiger partial charge in [-0.1, -0.05) is 12.1 Å². The summed E-state index contributed by atoms with van der Waals surface area (Å²) in [6, 6.07) is 11.6. The van der Waals surface area contributed by atoms with Crippen molar-refractivity contribution in [2.45, 2.75) is 25.4 Å². The van der Waals surface area contributed by atoms with Crippen molar-refractivity contribution in [1.82, 2.24) is 24.6 Å². The van der Waals surface area contributed by atoms with Crippen LogP contribution in [0.15, 0.2) is 47.4 Å². The second-order valence-electron chi connectivity index (χ2n) is 6.19. The quantitative estimate of drug-likeness (QED) is 0.739. The molecule has 1 unspecified atom stereocenters. The molecule has 1 atom stereocenters. The maximum atomic E-state index is 12.7. The standard InChI is InChI=1S/C18H19N5O/c1-22-17(20-15-8-3-2-7-14(15)18(22)24)16-9-5-11-23(16)12-13-6-4-10-19-21-13/h2-4,6-8,10,16H,5,9,11-12H2,1H3. The Morgan fingerprint density at radius 3 is 2.92 bits per heavy atom. The van der Waals surface area contributed by atoms with E-state index < -0.39 is 0 Å². The summed E-state index contributed by atoms with van der Waals surface area (Å²) in [4.78, 5) is 19.8. The maximum absolute atomic E-state index is 12.7. The molecule has 0 bridgehead atoms. The fourth-order valence-corrected chi connectivity index (χ4v) is 3.47. The zero-order chi connectivity index (χ0) is 16.5. The maximum Gasteiger partial charge on any atom is 0.261 e. The van der Waals surface area contributed by atoms with Crippen LogP contribution in [-0.4, -0.2) is 31.2 Å². The van der Waals surface area contributed by atoms with E-state index in [2.05, 4.69) is 15.1 Å². The Kier molecular flexibility index (Phi) is 3.82. The van der Waals surface area contributed by atoms with E-state index in [1.165, 1.54) is 0 Å². The highest BCUT2D eigenvalue weighted by Crippen LogP contribution is 2.31. The average Bonchev–Trinajstić information content (AvgIpc) is 3.07. The fraction of sp³-hybridized carbons (Fsp3) is 0.333. The minimum absolute atomic E-state index is 0.0157. The van der Waals surface area contributed by atoms with Crippen molar-refractivity contribution in [2.24, 2.45) is 7.05 Å². The number of para-hydroxylation sites is 1. The first-order valence-corrected chi connectivity index (χ1v) is 8.20. The van der Waals surface area contributed by atoms with E-state index in [1.807, 2.05) is 43.4 Å². The minimum Gasteiger partial charge on any atom is -0.298 e. The van der Waals surface area contributed by atoms with Gasteiger partial charge in [-0.3, -0.25) is 14.3 Å². The number of fused-ring (bicyclic) bond motifs is 1. The first-order valence-electron chi connectivity index (χ1n) is 8.20. The molecule has 1 aromatic carbocycles. The summed E-state index contributed by atoms with van der Waals surface area (Å²) < 4.78 is 1.70. The van der Waals surface area contributed by atoms with E-state index >= 15 is 0 Å². The van der Waals surface area contributed by atoms with E-state index in [0.717, 1.165) is 43.0 Å². The van der Waals surface area contributed by atoms with E-state index in [4.69, 9.17) is 4.98 Å². The third kappa shape index (κ3) is 2.59. The van der Waals surface area contributed by atoms with Crippen LogP contribution < -0.4 is 5.56 Å². The summed E-state index contributed by atoms with van der Waals surface area (Å²) in [6.07, 6.45) is 3.77. The third-order valence-electron chi connectivity index (χ3n) is 4.67. The zero-order valence-electron chi connectivity index (χ0n) is 13.6. The SMILES string of the molecule is Cn1c(C2CCCN2Cc2cccnn2)nc2ccccc2c1=O. The van der Waals surface area contributed by atoms with Crippen molar-refractivity contribution in [3.05, 3.63) is 64.5 Å². The first kappa shape index (κ1) is 15.0. The van der Waals surface area contributed by atoms with Gasteiger partial charge in [0.25, 0.3) is 5.56 Å². The van der Waals surface area contributed by atoms with Gasteiger partial charge in [0, 0.05) is 19.8 Å². The highest BCUT2D eigenvalue weighted by Gasteiger charge is 2.29. The molecule has 1 aliphatic rings. The van der Waals surface area contributed by atoms with Gasteiger partial charge in [0.05, 0.1) is 22.6 Å². The van der Waals surface area contributed by atoms with Gasteiger partial charge in [-0.05, 0) is 43.7 Å². The van der Waals surface area contributed by atoms with E-state index in [-0.39, 0.29) is 11.6 Å². The molecular formula is C18H19N5O. The van der Waals surface area contributed by atoms with Gasteiger partial charge in [0.15, 0.2) is 0 Å². The highest BCUT2D eigenvalue weighted by atomic mass is 16.1. The smallest absolute Gasteiger partial charge is 0.261 e. The topological polar surface area (TPSA) is 63.9 Å². The molecule has 1 saturated heterocycles. The summed E-state index contributed by atoms with van der Waals surface area (Å²) in [7, 11) is 1.82. The van der Waals surface area contributed by atoms with Crippen LogP contribution in [0.4, 0.5) is 0 Å². The van der Waals surface area contributed by atoms with Crippen molar-refractivity contribution in [3.63, 3.8) is 0 Å². The zero-order valence-corrected chi connectivity index (χ0v) is 13.6.